The summed E-state index contributed by atoms with van der Waals surface area (Å²) < 4.78 is 0. The molecule has 2 heterocycles. The van der Waals surface area contributed by atoms with E-state index < -0.39 is 0 Å². The molecule has 0 unspecified atom stereocenters. The number of carbonyl (C=O) groups excluding carboxylic acids is 1. The van der Waals surface area contributed by atoms with Gasteiger partial charge in [-0.15, -0.1) is 0 Å². The predicted octanol–water partition coefficient (Wildman–Crippen LogP) is 4.01. The highest BCUT2D eigenvalue weighted by Crippen LogP contribution is 2.24. The van der Waals surface area contributed by atoms with E-state index in [1.54, 1.807) is 11.1 Å². The molecule has 0 aliphatic rings. The fourth-order valence-corrected chi connectivity index (χ4v) is 2.67. The molecule has 3 aromatic rings. The first-order chi connectivity index (χ1) is 11.0. The van der Waals surface area contributed by atoms with Crippen molar-refractivity contribution in [2.24, 2.45) is 0 Å². The first kappa shape index (κ1) is 15.3. The number of hydrogen-bond donors (Lipinski definition) is 1. The number of benzene rings is 1. The van der Waals surface area contributed by atoms with Gasteiger partial charge in [-0.05, 0) is 49.9 Å². The average Bonchev–Trinajstić information content (AvgIpc) is 2.99. The number of para-hydroxylation sites is 1. The second-order valence-electron chi connectivity index (χ2n) is 6.03. The zero-order valence-corrected chi connectivity index (χ0v) is 13.9. The van der Waals surface area contributed by atoms with Crippen LogP contribution in [0.3, 0.4) is 0 Å². The van der Waals surface area contributed by atoms with Crippen molar-refractivity contribution in [2.75, 3.05) is 7.05 Å². The lowest BCUT2D eigenvalue weighted by atomic mass is 10.1. The van der Waals surface area contributed by atoms with Crippen LogP contribution in [-0.2, 0) is 0 Å². The number of carbonyl (C=O) groups is 1. The quantitative estimate of drug-likeness (QED) is 0.794. The second-order valence-corrected chi connectivity index (χ2v) is 6.03. The molecule has 0 aliphatic carbocycles. The van der Waals surface area contributed by atoms with E-state index in [0.29, 0.717) is 5.56 Å². The maximum Gasteiger partial charge on any atom is 0.255 e. The number of aromatic amines is 1. The molecule has 0 saturated carbocycles. The lowest BCUT2D eigenvalue weighted by Gasteiger charge is -2.24. The molecule has 0 bridgehead atoms. The molecule has 4 nitrogen and oxygen atoms in total. The first-order valence-corrected chi connectivity index (χ1v) is 7.75. The van der Waals surface area contributed by atoms with Gasteiger partial charge in [-0.1, -0.05) is 18.2 Å². The van der Waals surface area contributed by atoms with E-state index in [2.05, 4.69) is 22.1 Å². The minimum absolute atomic E-state index is 0.0215. The number of aryl methyl sites for hydroxylation is 2. The van der Waals surface area contributed by atoms with Gasteiger partial charge in [0.2, 0.25) is 0 Å². The van der Waals surface area contributed by atoms with E-state index in [1.807, 2.05) is 52.1 Å². The van der Waals surface area contributed by atoms with Gasteiger partial charge in [0, 0.05) is 30.1 Å². The zero-order valence-electron chi connectivity index (χ0n) is 13.9. The monoisotopic (exact) mass is 307 g/mol. The van der Waals surface area contributed by atoms with Crippen LogP contribution in [0.15, 0.2) is 42.6 Å². The molecule has 1 aromatic carbocycles. The van der Waals surface area contributed by atoms with Crippen molar-refractivity contribution in [3.63, 3.8) is 0 Å². The number of fused-ring (bicyclic) bond motifs is 1. The fraction of sp³-hybridized carbons (Fsp3) is 0.263. The van der Waals surface area contributed by atoms with Crippen LogP contribution in [0.1, 0.15) is 40.3 Å². The summed E-state index contributed by atoms with van der Waals surface area (Å²) in [4.78, 5) is 22.1. The van der Waals surface area contributed by atoms with E-state index in [0.717, 1.165) is 27.9 Å². The molecule has 0 aliphatic heterocycles. The maximum atomic E-state index is 12.7. The molecule has 0 radical (unpaired) electrons. The fourth-order valence-electron chi connectivity index (χ4n) is 2.67. The minimum Gasteiger partial charge on any atom is -0.357 e. The SMILES string of the molecule is Cc1cc(C(=O)N(C)[C@@H](C)c2cc3ccccc3[nH]2)cnc1C. The Labute approximate surface area is 136 Å². The molecular formula is C19H21N3O. The molecule has 1 N–H and O–H groups in total. The summed E-state index contributed by atoms with van der Waals surface area (Å²) in [5, 5.41) is 1.16. The van der Waals surface area contributed by atoms with Gasteiger partial charge in [0.15, 0.2) is 0 Å². The predicted molar refractivity (Wildman–Crippen MR) is 92.5 cm³/mol. The minimum atomic E-state index is -0.0449. The maximum absolute atomic E-state index is 12.7. The molecule has 3 rings (SSSR count). The van der Waals surface area contributed by atoms with Crippen molar-refractivity contribution in [3.05, 3.63) is 65.1 Å². The summed E-state index contributed by atoms with van der Waals surface area (Å²) in [6.45, 7) is 5.94. The number of rotatable bonds is 3. The lowest BCUT2D eigenvalue weighted by Crippen LogP contribution is -2.30. The molecule has 0 spiro atoms. The zero-order chi connectivity index (χ0) is 16.6. The van der Waals surface area contributed by atoms with Gasteiger partial charge in [0.05, 0.1) is 11.6 Å². The summed E-state index contributed by atoms with van der Waals surface area (Å²) in [6, 6.07) is 12.1. The molecule has 1 atom stereocenters. The third-order valence-electron chi connectivity index (χ3n) is 4.49. The van der Waals surface area contributed by atoms with Gasteiger partial charge < -0.3 is 9.88 Å². The van der Waals surface area contributed by atoms with Gasteiger partial charge in [0.1, 0.15) is 0 Å². The third kappa shape index (κ3) is 2.84. The number of pyridine rings is 1. The van der Waals surface area contributed by atoms with Crippen LogP contribution < -0.4 is 0 Å². The number of hydrogen-bond acceptors (Lipinski definition) is 2. The molecule has 0 saturated heterocycles. The van der Waals surface area contributed by atoms with Crippen LogP contribution in [0.5, 0.6) is 0 Å². The van der Waals surface area contributed by atoms with Gasteiger partial charge in [-0.25, -0.2) is 0 Å². The Bertz CT molecular complexity index is 833. The van der Waals surface area contributed by atoms with E-state index >= 15 is 0 Å². The Morgan fingerprint density at radius 3 is 2.65 bits per heavy atom. The largest absolute Gasteiger partial charge is 0.357 e. The Morgan fingerprint density at radius 2 is 1.96 bits per heavy atom. The molecular weight excluding hydrogens is 286 g/mol. The summed E-state index contributed by atoms with van der Waals surface area (Å²) in [5.41, 5.74) is 4.72. The van der Waals surface area contributed by atoms with Crippen molar-refractivity contribution < 1.29 is 4.79 Å². The van der Waals surface area contributed by atoms with E-state index in [1.165, 1.54) is 0 Å². The normalized spacial score (nSPS) is 12.3. The third-order valence-corrected chi connectivity index (χ3v) is 4.49. The molecule has 118 valence electrons. The number of H-pyrrole nitrogens is 1. The smallest absolute Gasteiger partial charge is 0.255 e. The van der Waals surface area contributed by atoms with Crippen LogP contribution in [0.4, 0.5) is 0 Å². The Morgan fingerprint density at radius 1 is 1.22 bits per heavy atom. The number of amides is 1. The molecule has 0 fully saturated rings. The van der Waals surface area contributed by atoms with Crippen molar-refractivity contribution in [3.8, 4) is 0 Å². The highest BCUT2D eigenvalue weighted by molar-refractivity contribution is 5.94. The van der Waals surface area contributed by atoms with Gasteiger partial charge in [0.25, 0.3) is 5.91 Å². The summed E-state index contributed by atoms with van der Waals surface area (Å²) in [7, 11) is 1.83. The van der Waals surface area contributed by atoms with Crippen LogP contribution in [-0.4, -0.2) is 27.8 Å². The highest BCUT2D eigenvalue weighted by atomic mass is 16.2. The summed E-state index contributed by atoms with van der Waals surface area (Å²) in [5.74, 6) is -0.0215. The standard InChI is InChI=1S/C19H21N3O/c1-12-9-16(11-20-13(12)2)19(23)22(4)14(3)18-10-15-7-5-6-8-17(15)21-18/h5-11,14,21H,1-4H3/t14-/m0/s1. The van der Waals surface area contributed by atoms with Crippen LogP contribution in [0.25, 0.3) is 10.9 Å². The first-order valence-electron chi connectivity index (χ1n) is 7.75. The summed E-state index contributed by atoms with van der Waals surface area (Å²) >= 11 is 0. The molecule has 23 heavy (non-hydrogen) atoms. The molecule has 2 aromatic heterocycles. The van der Waals surface area contributed by atoms with Gasteiger partial charge in [-0.3, -0.25) is 9.78 Å². The van der Waals surface area contributed by atoms with Crippen LogP contribution in [0, 0.1) is 13.8 Å². The molecule has 4 heteroatoms. The van der Waals surface area contributed by atoms with Gasteiger partial charge in [-0.2, -0.15) is 0 Å². The van der Waals surface area contributed by atoms with Crippen molar-refractivity contribution in [1.29, 1.82) is 0 Å². The van der Waals surface area contributed by atoms with Crippen molar-refractivity contribution in [1.82, 2.24) is 14.9 Å². The van der Waals surface area contributed by atoms with Crippen LogP contribution >= 0.6 is 0 Å². The number of aromatic nitrogens is 2. The topological polar surface area (TPSA) is 49.0 Å². The van der Waals surface area contributed by atoms with Crippen molar-refractivity contribution in [2.45, 2.75) is 26.8 Å². The van der Waals surface area contributed by atoms with E-state index in [9.17, 15) is 4.79 Å². The Hall–Kier alpha value is -2.62. The van der Waals surface area contributed by atoms with E-state index in [4.69, 9.17) is 0 Å². The van der Waals surface area contributed by atoms with Crippen molar-refractivity contribution >= 4 is 16.8 Å². The second kappa shape index (κ2) is 5.88. The number of nitrogens with zero attached hydrogens (tertiary/aromatic N) is 2. The lowest BCUT2D eigenvalue weighted by molar-refractivity contribution is 0.0739. The van der Waals surface area contributed by atoms with Crippen LogP contribution in [0.2, 0.25) is 0 Å². The Kier molecular flexibility index (Phi) is 3.90. The Balaban J connectivity index is 1.87. The highest BCUT2D eigenvalue weighted by Gasteiger charge is 2.21. The van der Waals surface area contributed by atoms with E-state index in [-0.39, 0.29) is 11.9 Å². The average molecular weight is 307 g/mol. The number of nitrogens with one attached hydrogen (secondary N) is 1. The van der Waals surface area contributed by atoms with Gasteiger partial charge >= 0.3 is 0 Å². The molecule has 1 amide bonds. The summed E-state index contributed by atoms with van der Waals surface area (Å²) in [6.07, 6.45) is 1.65.